The second kappa shape index (κ2) is 11.0. The average molecular weight is 518 g/mol. The first-order valence-electron chi connectivity index (χ1n) is 12.4. The summed E-state index contributed by atoms with van der Waals surface area (Å²) in [5.41, 5.74) is 12.2. The molecule has 0 aliphatic heterocycles. The number of phenolic OH excluding ortho intramolecular Hbond substituents is 1. The number of allylic oxidation sites excluding steroid dienone is 4. The van der Waals surface area contributed by atoms with E-state index in [1.54, 1.807) is 12.3 Å². The SMILES string of the molecule is C/C=C\C(=C/C)c1ccc2nc(-c3cccnc3N)n(-c3ccc(COc4ccc(O)c(C=O)c4)cc3)c2n1. The topological polar surface area (TPSA) is 116 Å². The van der Waals surface area contributed by atoms with Gasteiger partial charge in [0.25, 0.3) is 0 Å². The van der Waals surface area contributed by atoms with E-state index < -0.39 is 0 Å². The first-order valence-corrected chi connectivity index (χ1v) is 12.4. The number of hydrogen-bond donors (Lipinski definition) is 2. The maximum Gasteiger partial charge on any atom is 0.165 e. The molecule has 5 aromatic rings. The largest absolute Gasteiger partial charge is 0.507 e. The fourth-order valence-corrected chi connectivity index (χ4v) is 4.28. The number of fused-ring (bicyclic) bond motifs is 1. The average Bonchev–Trinajstić information content (AvgIpc) is 3.34. The number of ether oxygens (including phenoxy) is 1. The normalized spacial score (nSPS) is 11.8. The van der Waals surface area contributed by atoms with Crippen LogP contribution in [0.25, 0.3) is 33.8 Å². The van der Waals surface area contributed by atoms with Crippen molar-refractivity contribution in [2.75, 3.05) is 5.73 Å². The molecule has 0 saturated heterocycles. The molecular weight excluding hydrogens is 490 g/mol. The van der Waals surface area contributed by atoms with Crippen LogP contribution in [0.15, 0.2) is 91.2 Å². The molecular formula is C31H27N5O3. The van der Waals surface area contributed by atoms with Crippen molar-refractivity contribution in [1.29, 1.82) is 0 Å². The molecule has 0 bridgehead atoms. The zero-order valence-electron chi connectivity index (χ0n) is 21.6. The van der Waals surface area contributed by atoms with Crippen molar-refractivity contribution < 1.29 is 14.6 Å². The second-order valence-corrected chi connectivity index (χ2v) is 8.78. The van der Waals surface area contributed by atoms with Crippen LogP contribution in [0.2, 0.25) is 0 Å². The predicted molar refractivity (Wildman–Crippen MR) is 153 cm³/mol. The van der Waals surface area contributed by atoms with Gasteiger partial charge < -0.3 is 15.6 Å². The number of pyridine rings is 2. The Labute approximate surface area is 225 Å². The number of aldehydes is 1. The second-order valence-electron chi connectivity index (χ2n) is 8.78. The third-order valence-electron chi connectivity index (χ3n) is 6.26. The number of nitrogens with two attached hydrogens (primary N) is 1. The third kappa shape index (κ3) is 5.13. The third-order valence-corrected chi connectivity index (χ3v) is 6.26. The number of carbonyl (C=O) groups excluding carboxylic acids is 1. The van der Waals surface area contributed by atoms with Gasteiger partial charge in [-0.15, -0.1) is 0 Å². The molecule has 5 rings (SSSR count). The number of aromatic hydroxyl groups is 1. The standard InChI is InChI=1S/C31H27N5O3/c1-3-6-21(4-2)26-13-14-27-31(34-26)36(30(35-27)25-7-5-16-33-29(25)32)23-10-8-20(9-11-23)19-39-24-12-15-28(38)22(17-24)18-37/h3-18,38H,19H2,1-2H3,(H2,32,33)/b6-3-,21-4+. The zero-order chi connectivity index (χ0) is 27.4. The monoisotopic (exact) mass is 517 g/mol. The van der Waals surface area contributed by atoms with Crippen LogP contribution in [0.5, 0.6) is 11.5 Å². The summed E-state index contributed by atoms with van der Waals surface area (Å²) in [7, 11) is 0. The van der Waals surface area contributed by atoms with E-state index in [4.69, 9.17) is 20.4 Å². The lowest BCUT2D eigenvalue weighted by Crippen LogP contribution is -2.03. The van der Waals surface area contributed by atoms with Crippen molar-refractivity contribution in [3.05, 3.63) is 108 Å². The van der Waals surface area contributed by atoms with Gasteiger partial charge in [0, 0.05) is 11.9 Å². The summed E-state index contributed by atoms with van der Waals surface area (Å²) in [4.78, 5) is 25.2. The Bertz CT molecular complexity index is 1720. The summed E-state index contributed by atoms with van der Waals surface area (Å²) in [6.45, 7) is 4.25. The van der Waals surface area contributed by atoms with Crippen LogP contribution in [0.1, 0.15) is 35.5 Å². The summed E-state index contributed by atoms with van der Waals surface area (Å²) < 4.78 is 7.82. The Morgan fingerprint density at radius 1 is 1.05 bits per heavy atom. The van der Waals surface area contributed by atoms with Crippen LogP contribution >= 0.6 is 0 Å². The van der Waals surface area contributed by atoms with Gasteiger partial charge in [0.1, 0.15) is 29.4 Å². The Balaban J connectivity index is 1.55. The minimum absolute atomic E-state index is 0.0802. The van der Waals surface area contributed by atoms with Gasteiger partial charge in [0.2, 0.25) is 0 Å². The molecule has 0 spiro atoms. The number of carbonyl (C=O) groups is 1. The molecule has 194 valence electrons. The van der Waals surface area contributed by atoms with Crippen molar-refractivity contribution in [3.8, 4) is 28.6 Å². The molecule has 0 amide bonds. The molecule has 0 atom stereocenters. The number of rotatable bonds is 8. The molecule has 0 saturated carbocycles. The molecule has 0 radical (unpaired) electrons. The van der Waals surface area contributed by atoms with Gasteiger partial charge in [-0.2, -0.15) is 0 Å². The maximum absolute atomic E-state index is 11.1. The summed E-state index contributed by atoms with van der Waals surface area (Å²) in [6.07, 6.45) is 8.28. The number of nitrogens with zero attached hydrogens (tertiary/aromatic N) is 4. The van der Waals surface area contributed by atoms with Crippen LogP contribution in [-0.4, -0.2) is 30.9 Å². The van der Waals surface area contributed by atoms with Crippen molar-refractivity contribution >= 4 is 28.8 Å². The van der Waals surface area contributed by atoms with E-state index in [1.165, 1.54) is 12.1 Å². The molecule has 0 aliphatic carbocycles. The first kappa shape index (κ1) is 25.4. The molecule has 3 heterocycles. The van der Waals surface area contributed by atoms with E-state index in [1.807, 2.05) is 85.2 Å². The minimum atomic E-state index is -0.0802. The molecule has 8 nitrogen and oxygen atoms in total. The number of aromatic nitrogens is 4. The van der Waals surface area contributed by atoms with Gasteiger partial charge in [-0.05, 0) is 79.6 Å². The summed E-state index contributed by atoms with van der Waals surface area (Å²) >= 11 is 0. The van der Waals surface area contributed by atoms with E-state index in [2.05, 4.69) is 4.98 Å². The van der Waals surface area contributed by atoms with E-state index in [0.29, 0.717) is 34.9 Å². The number of hydrogen-bond acceptors (Lipinski definition) is 7. The van der Waals surface area contributed by atoms with Crippen LogP contribution in [0.4, 0.5) is 5.82 Å². The lowest BCUT2D eigenvalue weighted by Gasteiger charge is -2.12. The Hall–Kier alpha value is -5.24. The van der Waals surface area contributed by atoms with Gasteiger partial charge in [-0.3, -0.25) is 9.36 Å². The van der Waals surface area contributed by atoms with Crippen LogP contribution in [0.3, 0.4) is 0 Å². The number of nitrogen functional groups attached to an aromatic ring is 1. The van der Waals surface area contributed by atoms with Crippen molar-refractivity contribution in [3.63, 3.8) is 0 Å². The number of imidazole rings is 1. The lowest BCUT2D eigenvalue weighted by atomic mass is 10.1. The fraction of sp³-hybridized carbons (Fsp3) is 0.0968. The smallest absolute Gasteiger partial charge is 0.165 e. The molecule has 3 aromatic heterocycles. The van der Waals surface area contributed by atoms with Crippen LogP contribution in [-0.2, 0) is 6.61 Å². The Morgan fingerprint density at radius 3 is 2.59 bits per heavy atom. The first-order chi connectivity index (χ1) is 19.0. The highest BCUT2D eigenvalue weighted by molar-refractivity contribution is 5.85. The van der Waals surface area contributed by atoms with E-state index in [9.17, 15) is 9.90 Å². The van der Waals surface area contributed by atoms with Gasteiger partial charge >= 0.3 is 0 Å². The van der Waals surface area contributed by atoms with Crippen LogP contribution < -0.4 is 10.5 Å². The van der Waals surface area contributed by atoms with Gasteiger partial charge in [-0.1, -0.05) is 30.4 Å². The van der Waals surface area contributed by atoms with Gasteiger partial charge in [0.05, 0.1) is 16.8 Å². The molecule has 0 aliphatic rings. The molecule has 0 unspecified atom stereocenters. The lowest BCUT2D eigenvalue weighted by molar-refractivity contribution is 0.112. The summed E-state index contributed by atoms with van der Waals surface area (Å²) in [6, 6.07) is 20.1. The van der Waals surface area contributed by atoms with Crippen molar-refractivity contribution in [1.82, 2.24) is 19.5 Å². The molecule has 2 aromatic carbocycles. The van der Waals surface area contributed by atoms with Crippen molar-refractivity contribution in [2.45, 2.75) is 20.5 Å². The quantitative estimate of drug-likeness (QED) is 0.188. The molecule has 8 heteroatoms. The summed E-state index contributed by atoms with van der Waals surface area (Å²) in [5.74, 6) is 1.43. The zero-order valence-corrected chi connectivity index (χ0v) is 21.6. The maximum atomic E-state index is 11.1. The van der Waals surface area contributed by atoms with E-state index in [-0.39, 0.29) is 17.9 Å². The number of phenols is 1. The molecule has 39 heavy (non-hydrogen) atoms. The number of anilines is 1. The summed E-state index contributed by atoms with van der Waals surface area (Å²) in [5, 5.41) is 9.71. The van der Waals surface area contributed by atoms with Crippen molar-refractivity contribution in [2.24, 2.45) is 0 Å². The highest BCUT2D eigenvalue weighted by Crippen LogP contribution is 2.31. The predicted octanol–water partition coefficient (Wildman–Crippen LogP) is 6.14. The highest BCUT2D eigenvalue weighted by Gasteiger charge is 2.19. The Kier molecular flexibility index (Phi) is 7.18. The Morgan fingerprint density at radius 2 is 1.87 bits per heavy atom. The highest BCUT2D eigenvalue weighted by atomic mass is 16.5. The van der Waals surface area contributed by atoms with E-state index in [0.717, 1.165) is 28.0 Å². The fourth-order valence-electron chi connectivity index (χ4n) is 4.28. The molecule has 0 fully saturated rings. The molecule has 3 N–H and O–H groups in total. The van der Waals surface area contributed by atoms with Gasteiger partial charge in [0.15, 0.2) is 17.8 Å². The number of benzene rings is 2. The van der Waals surface area contributed by atoms with Crippen LogP contribution in [0, 0.1) is 0 Å². The minimum Gasteiger partial charge on any atom is -0.507 e. The van der Waals surface area contributed by atoms with Gasteiger partial charge in [-0.25, -0.2) is 15.0 Å². The van der Waals surface area contributed by atoms with E-state index >= 15 is 0 Å².